The second kappa shape index (κ2) is 8.78. The van der Waals surface area contributed by atoms with Gasteiger partial charge in [-0.1, -0.05) is 19.1 Å². The molecular formula is C20H24N2O4. The van der Waals surface area contributed by atoms with Gasteiger partial charge in [0.15, 0.2) is 6.61 Å². The second-order valence-electron chi connectivity index (χ2n) is 6.38. The number of hydrogen-bond acceptors (Lipinski definition) is 5. The number of aliphatic carboxylic acids is 1. The maximum absolute atomic E-state index is 10.9. The quantitative estimate of drug-likeness (QED) is 0.822. The molecule has 3 rings (SSSR count). The van der Waals surface area contributed by atoms with Crippen molar-refractivity contribution in [2.24, 2.45) is 0 Å². The molecule has 1 aromatic heterocycles. The maximum Gasteiger partial charge on any atom is 0.341 e. The molecule has 0 unspecified atom stereocenters. The molecule has 1 atom stereocenters. The van der Waals surface area contributed by atoms with Gasteiger partial charge in [-0.3, -0.25) is 9.88 Å². The smallest absolute Gasteiger partial charge is 0.341 e. The van der Waals surface area contributed by atoms with Crippen LogP contribution in [0.2, 0.25) is 0 Å². The topological polar surface area (TPSA) is 71.9 Å². The van der Waals surface area contributed by atoms with Crippen LogP contribution < -0.4 is 4.74 Å². The van der Waals surface area contributed by atoms with Crippen LogP contribution in [0.3, 0.4) is 0 Å². The number of pyridine rings is 1. The Labute approximate surface area is 153 Å². The summed E-state index contributed by atoms with van der Waals surface area (Å²) < 4.78 is 11.2. The van der Waals surface area contributed by atoms with E-state index in [0.717, 1.165) is 36.2 Å². The number of hydrogen-bond donors (Lipinski definition) is 1. The van der Waals surface area contributed by atoms with Gasteiger partial charge in [0, 0.05) is 43.2 Å². The summed E-state index contributed by atoms with van der Waals surface area (Å²) in [6, 6.07) is 9.75. The van der Waals surface area contributed by atoms with Crippen molar-refractivity contribution in [2.75, 3.05) is 26.3 Å². The van der Waals surface area contributed by atoms with Gasteiger partial charge in [0.1, 0.15) is 5.75 Å². The Morgan fingerprint density at radius 2 is 2.27 bits per heavy atom. The average Bonchev–Trinajstić information content (AvgIpc) is 2.67. The van der Waals surface area contributed by atoms with Crippen LogP contribution in [0.5, 0.6) is 5.75 Å². The molecule has 0 saturated carbocycles. The number of carboxylic acid groups (broad SMARTS) is 1. The molecular weight excluding hydrogens is 332 g/mol. The van der Waals surface area contributed by atoms with Crippen LogP contribution in [-0.4, -0.2) is 53.4 Å². The highest BCUT2D eigenvalue weighted by Gasteiger charge is 2.20. The van der Waals surface area contributed by atoms with Crippen molar-refractivity contribution in [1.29, 1.82) is 0 Å². The number of ether oxygens (including phenoxy) is 2. The highest BCUT2D eigenvalue weighted by molar-refractivity contribution is 5.69. The van der Waals surface area contributed by atoms with Gasteiger partial charge < -0.3 is 14.6 Å². The van der Waals surface area contributed by atoms with E-state index in [9.17, 15) is 4.79 Å². The van der Waals surface area contributed by atoms with Crippen molar-refractivity contribution in [1.82, 2.24) is 9.88 Å². The third kappa shape index (κ3) is 4.80. The number of carbonyl (C=O) groups is 1. The number of aromatic nitrogens is 1. The predicted molar refractivity (Wildman–Crippen MR) is 98.1 cm³/mol. The van der Waals surface area contributed by atoms with E-state index in [1.807, 2.05) is 30.5 Å². The summed E-state index contributed by atoms with van der Waals surface area (Å²) in [7, 11) is 0. The summed E-state index contributed by atoms with van der Waals surface area (Å²) in [5.74, 6) is -0.371. The molecule has 1 saturated heterocycles. The first-order valence-electron chi connectivity index (χ1n) is 8.87. The maximum atomic E-state index is 10.9. The second-order valence-corrected chi connectivity index (χ2v) is 6.38. The highest BCUT2D eigenvalue weighted by Crippen LogP contribution is 2.28. The summed E-state index contributed by atoms with van der Waals surface area (Å²) in [6.45, 7) is 4.91. The van der Waals surface area contributed by atoms with E-state index in [1.165, 1.54) is 0 Å². The molecule has 0 spiro atoms. The molecule has 1 aliphatic rings. The molecule has 0 aliphatic carbocycles. The fourth-order valence-electron chi connectivity index (χ4n) is 3.11. The number of morpholine rings is 1. The zero-order chi connectivity index (χ0) is 18.4. The first-order valence-corrected chi connectivity index (χ1v) is 8.87. The summed E-state index contributed by atoms with van der Waals surface area (Å²) in [5, 5.41) is 8.93. The number of carboxylic acids is 1. The summed E-state index contributed by atoms with van der Waals surface area (Å²) in [5.41, 5.74) is 3.03. The minimum absolute atomic E-state index is 0.244. The molecule has 2 aromatic rings. The Bertz CT molecular complexity index is 736. The van der Waals surface area contributed by atoms with Crippen LogP contribution in [0.1, 0.15) is 18.9 Å². The van der Waals surface area contributed by atoms with Crippen LogP contribution in [0.4, 0.5) is 0 Å². The van der Waals surface area contributed by atoms with Crippen molar-refractivity contribution >= 4 is 5.97 Å². The highest BCUT2D eigenvalue weighted by atomic mass is 16.5. The normalized spacial score (nSPS) is 17.8. The molecule has 1 N–H and O–H groups in total. The Morgan fingerprint density at radius 3 is 3.00 bits per heavy atom. The molecule has 1 aliphatic heterocycles. The lowest BCUT2D eigenvalue weighted by Gasteiger charge is -2.32. The Morgan fingerprint density at radius 1 is 1.38 bits per heavy atom. The lowest BCUT2D eigenvalue weighted by atomic mass is 10.0. The molecule has 2 heterocycles. The zero-order valence-electron chi connectivity index (χ0n) is 14.9. The predicted octanol–water partition coefficient (Wildman–Crippen LogP) is 2.82. The summed E-state index contributed by atoms with van der Waals surface area (Å²) >= 11 is 0. The van der Waals surface area contributed by atoms with Gasteiger partial charge in [-0.25, -0.2) is 4.79 Å². The first-order chi connectivity index (χ1) is 12.7. The molecule has 26 heavy (non-hydrogen) atoms. The fraction of sp³-hybridized carbons (Fsp3) is 0.400. The fourth-order valence-corrected chi connectivity index (χ4v) is 3.11. The van der Waals surface area contributed by atoms with Crippen molar-refractivity contribution in [3.8, 4) is 16.9 Å². The van der Waals surface area contributed by atoms with Crippen LogP contribution >= 0.6 is 0 Å². The lowest BCUT2D eigenvalue weighted by Crippen LogP contribution is -2.41. The van der Waals surface area contributed by atoms with Gasteiger partial charge in [-0.05, 0) is 30.2 Å². The van der Waals surface area contributed by atoms with Crippen molar-refractivity contribution in [3.05, 3.63) is 48.3 Å². The van der Waals surface area contributed by atoms with Gasteiger partial charge in [0.2, 0.25) is 0 Å². The van der Waals surface area contributed by atoms with E-state index in [-0.39, 0.29) is 12.7 Å². The van der Waals surface area contributed by atoms with Crippen molar-refractivity contribution in [3.63, 3.8) is 0 Å². The largest absolute Gasteiger partial charge is 0.482 e. The van der Waals surface area contributed by atoms with Crippen molar-refractivity contribution < 1.29 is 19.4 Å². The standard InChI is InChI=1S/C20H24N2O4/c1-2-18-13-22(8-9-25-18)12-17-10-15(16-4-3-7-21-11-16)5-6-19(17)26-14-20(23)24/h3-7,10-11,18H,2,8-9,12-14H2,1H3,(H,23,24)/t18-/m1/s1. The monoisotopic (exact) mass is 356 g/mol. The third-order valence-corrected chi connectivity index (χ3v) is 4.48. The van der Waals surface area contributed by atoms with E-state index in [4.69, 9.17) is 14.6 Å². The van der Waals surface area contributed by atoms with E-state index in [0.29, 0.717) is 18.9 Å². The summed E-state index contributed by atoms with van der Waals surface area (Å²) in [6.07, 6.45) is 4.79. The first kappa shape index (κ1) is 18.4. The van der Waals surface area contributed by atoms with Crippen LogP contribution in [0, 0.1) is 0 Å². The molecule has 1 aromatic carbocycles. The molecule has 0 amide bonds. The molecule has 138 valence electrons. The number of nitrogens with zero attached hydrogens (tertiary/aromatic N) is 2. The number of benzene rings is 1. The van der Waals surface area contributed by atoms with Gasteiger partial charge in [0.05, 0.1) is 12.7 Å². The zero-order valence-corrected chi connectivity index (χ0v) is 14.9. The van der Waals surface area contributed by atoms with Gasteiger partial charge in [-0.15, -0.1) is 0 Å². The average molecular weight is 356 g/mol. The van der Waals surface area contributed by atoms with Gasteiger partial charge >= 0.3 is 5.97 Å². The molecule has 6 nitrogen and oxygen atoms in total. The van der Waals surface area contributed by atoms with Gasteiger partial charge in [0.25, 0.3) is 0 Å². The molecule has 0 bridgehead atoms. The lowest BCUT2D eigenvalue weighted by molar-refractivity contribution is -0.139. The minimum Gasteiger partial charge on any atom is -0.482 e. The SMILES string of the molecule is CC[C@@H]1CN(Cc2cc(-c3cccnc3)ccc2OCC(=O)O)CCO1. The van der Waals surface area contributed by atoms with E-state index >= 15 is 0 Å². The minimum atomic E-state index is -0.982. The third-order valence-electron chi connectivity index (χ3n) is 4.48. The molecule has 0 radical (unpaired) electrons. The Balaban J connectivity index is 1.84. The molecule has 6 heteroatoms. The van der Waals surface area contributed by atoms with E-state index in [2.05, 4.69) is 22.9 Å². The van der Waals surface area contributed by atoms with Gasteiger partial charge in [-0.2, -0.15) is 0 Å². The Hall–Kier alpha value is -2.44. The van der Waals surface area contributed by atoms with Crippen LogP contribution in [-0.2, 0) is 16.1 Å². The van der Waals surface area contributed by atoms with Crippen LogP contribution in [0.15, 0.2) is 42.7 Å². The Kier molecular flexibility index (Phi) is 6.20. The number of rotatable bonds is 7. The van der Waals surface area contributed by atoms with E-state index < -0.39 is 5.97 Å². The van der Waals surface area contributed by atoms with Crippen LogP contribution in [0.25, 0.3) is 11.1 Å². The van der Waals surface area contributed by atoms with E-state index in [1.54, 1.807) is 6.20 Å². The summed E-state index contributed by atoms with van der Waals surface area (Å²) in [4.78, 5) is 17.4. The van der Waals surface area contributed by atoms with Crippen molar-refractivity contribution in [2.45, 2.75) is 26.0 Å². The molecule has 1 fully saturated rings.